The molecule has 6 heteroatoms. The lowest BCUT2D eigenvalue weighted by atomic mass is 10.1. The maximum Gasteiger partial charge on any atom is 0.307 e. The molecule has 1 saturated carbocycles. The Labute approximate surface area is 128 Å². The zero-order chi connectivity index (χ0) is 16.5. The Hall–Kier alpha value is -2.37. The third-order valence-electron chi connectivity index (χ3n) is 4.20. The molecular weight excluding hydrogens is 286 g/mol. The number of carboxylic acid groups (broad SMARTS) is 2. The van der Waals surface area contributed by atoms with Gasteiger partial charge in [-0.3, -0.25) is 14.4 Å². The molecule has 0 bridgehead atoms. The van der Waals surface area contributed by atoms with E-state index in [9.17, 15) is 14.4 Å². The molecule has 1 fully saturated rings. The van der Waals surface area contributed by atoms with Gasteiger partial charge in [0.2, 0.25) is 5.91 Å². The Kier molecular flexibility index (Phi) is 4.21. The van der Waals surface area contributed by atoms with Crippen LogP contribution in [0.1, 0.15) is 25.8 Å². The van der Waals surface area contributed by atoms with E-state index in [1.807, 2.05) is 0 Å². The van der Waals surface area contributed by atoms with Crippen LogP contribution in [0, 0.1) is 17.3 Å². The van der Waals surface area contributed by atoms with Gasteiger partial charge < -0.3 is 15.5 Å². The van der Waals surface area contributed by atoms with Crippen LogP contribution in [0.4, 0.5) is 5.69 Å². The first-order chi connectivity index (χ1) is 10.2. The number of carbonyl (C=O) groups excluding carboxylic acids is 1. The summed E-state index contributed by atoms with van der Waals surface area (Å²) in [7, 11) is 0. The first-order valence-electron chi connectivity index (χ1n) is 7.08. The molecule has 1 aliphatic carbocycles. The number of anilines is 1. The molecule has 22 heavy (non-hydrogen) atoms. The van der Waals surface area contributed by atoms with Gasteiger partial charge >= 0.3 is 11.9 Å². The predicted molar refractivity (Wildman–Crippen MR) is 79.4 cm³/mol. The topological polar surface area (TPSA) is 104 Å². The number of nitrogens with one attached hydrogen (secondary N) is 1. The summed E-state index contributed by atoms with van der Waals surface area (Å²) in [5, 5.41) is 20.5. The summed E-state index contributed by atoms with van der Waals surface area (Å²) in [6.07, 6.45) is 0.403. The van der Waals surface area contributed by atoms with Gasteiger partial charge in [0.15, 0.2) is 0 Å². The van der Waals surface area contributed by atoms with Crippen LogP contribution in [0.25, 0.3) is 0 Å². The molecule has 0 aromatic heterocycles. The summed E-state index contributed by atoms with van der Waals surface area (Å²) in [4.78, 5) is 33.9. The van der Waals surface area contributed by atoms with Crippen molar-refractivity contribution in [3.63, 3.8) is 0 Å². The van der Waals surface area contributed by atoms with E-state index in [-0.39, 0.29) is 12.3 Å². The van der Waals surface area contributed by atoms with Gasteiger partial charge in [0, 0.05) is 12.1 Å². The Morgan fingerprint density at radius 1 is 1.18 bits per heavy atom. The minimum Gasteiger partial charge on any atom is -0.481 e. The van der Waals surface area contributed by atoms with Crippen LogP contribution in [-0.4, -0.2) is 28.1 Å². The van der Waals surface area contributed by atoms with Gasteiger partial charge in [-0.15, -0.1) is 0 Å². The summed E-state index contributed by atoms with van der Waals surface area (Å²) in [5.74, 6) is -3.36. The molecule has 1 amide bonds. The van der Waals surface area contributed by atoms with Crippen molar-refractivity contribution >= 4 is 23.5 Å². The van der Waals surface area contributed by atoms with Crippen molar-refractivity contribution in [1.29, 1.82) is 0 Å². The van der Waals surface area contributed by atoms with Crippen LogP contribution in [0.3, 0.4) is 0 Å². The highest BCUT2D eigenvalue weighted by molar-refractivity contribution is 5.99. The Morgan fingerprint density at radius 3 is 2.41 bits per heavy atom. The van der Waals surface area contributed by atoms with Gasteiger partial charge in [0.05, 0.1) is 11.8 Å². The van der Waals surface area contributed by atoms with E-state index in [1.165, 1.54) is 0 Å². The van der Waals surface area contributed by atoms with Crippen molar-refractivity contribution in [2.75, 3.05) is 5.32 Å². The number of aliphatic carboxylic acids is 2. The molecule has 2 rings (SSSR count). The molecule has 1 aromatic rings. The van der Waals surface area contributed by atoms with E-state index in [0.29, 0.717) is 12.1 Å². The Balaban J connectivity index is 2.02. The van der Waals surface area contributed by atoms with Crippen molar-refractivity contribution in [1.82, 2.24) is 0 Å². The van der Waals surface area contributed by atoms with E-state index < -0.39 is 29.2 Å². The highest BCUT2D eigenvalue weighted by Gasteiger charge is 2.65. The van der Waals surface area contributed by atoms with Crippen LogP contribution in [0.2, 0.25) is 0 Å². The molecular formula is C16H19NO5. The molecule has 0 unspecified atom stereocenters. The van der Waals surface area contributed by atoms with E-state index in [4.69, 9.17) is 10.2 Å². The standard InChI is InChI=1S/C16H19NO5/c1-16(2)12(13(16)15(21)22)14(20)17-10-5-3-4-9(8-10)6-7-11(18)19/h3-5,8,12-13H,6-7H2,1-2H3,(H,17,20)(H,18,19)(H,21,22)/t12-,13+/m1/s1. The molecule has 118 valence electrons. The highest BCUT2D eigenvalue weighted by atomic mass is 16.4. The van der Waals surface area contributed by atoms with Crippen LogP contribution < -0.4 is 5.32 Å². The monoisotopic (exact) mass is 305 g/mol. The summed E-state index contributed by atoms with van der Waals surface area (Å²) >= 11 is 0. The fourth-order valence-electron chi connectivity index (χ4n) is 2.86. The average molecular weight is 305 g/mol. The second-order valence-electron chi connectivity index (χ2n) is 6.20. The summed E-state index contributed by atoms with van der Waals surface area (Å²) in [6, 6.07) is 6.94. The van der Waals surface area contributed by atoms with Crippen molar-refractivity contribution in [2.45, 2.75) is 26.7 Å². The summed E-state index contributed by atoms with van der Waals surface area (Å²) in [5.41, 5.74) is 0.821. The third-order valence-corrected chi connectivity index (χ3v) is 4.20. The SMILES string of the molecule is CC1(C)[C@H](C(=O)O)[C@@H]1C(=O)Nc1cccc(CCC(=O)O)c1. The lowest BCUT2D eigenvalue weighted by Crippen LogP contribution is -2.17. The van der Waals surface area contributed by atoms with Gasteiger partial charge in [-0.1, -0.05) is 26.0 Å². The van der Waals surface area contributed by atoms with Crippen LogP contribution in [-0.2, 0) is 20.8 Å². The second kappa shape index (κ2) is 5.79. The minimum atomic E-state index is -0.958. The summed E-state index contributed by atoms with van der Waals surface area (Å²) in [6.45, 7) is 3.53. The zero-order valence-corrected chi connectivity index (χ0v) is 12.5. The number of carboxylic acids is 2. The third kappa shape index (κ3) is 3.27. The van der Waals surface area contributed by atoms with Crippen molar-refractivity contribution in [3.8, 4) is 0 Å². The van der Waals surface area contributed by atoms with E-state index >= 15 is 0 Å². The molecule has 3 N–H and O–H groups in total. The number of carbonyl (C=O) groups is 3. The zero-order valence-electron chi connectivity index (χ0n) is 12.5. The normalized spacial score (nSPS) is 21.9. The number of hydrogen-bond acceptors (Lipinski definition) is 3. The number of hydrogen-bond donors (Lipinski definition) is 3. The molecule has 1 aliphatic rings. The highest BCUT2D eigenvalue weighted by Crippen LogP contribution is 2.58. The molecule has 0 radical (unpaired) electrons. The van der Waals surface area contributed by atoms with Crippen LogP contribution in [0.15, 0.2) is 24.3 Å². The van der Waals surface area contributed by atoms with Crippen LogP contribution >= 0.6 is 0 Å². The minimum absolute atomic E-state index is 0.0220. The maximum absolute atomic E-state index is 12.2. The smallest absolute Gasteiger partial charge is 0.307 e. The molecule has 6 nitrogen and oxygen atoms in total. The molecule has 0 aliphatic heterocycles. The van der Waals surface area contributed by atoms with Gasteiger partial charge in [0.25, 0.3) is 0 Å². The predicted octanol–water partition coefficient (Wildman–Crippen LogP) is 2.00. The molecule has 0 spiro atoms. The molecule has 1 aromatic carbocycles. The van der Waals surface area contributed by atoms with Gasteiger partial charge in [-0.2, -0.15) is 0 Å². The first-order valence-corrected chi connectivity index (χ1v) is 7.08. The quantitative estimate of drug-likeness (QED) is 0.745. The van der Waals surface area contributed by atoms with Crippen molar-refractivity contribution in [3.05, 3.63) is 29.8 Å². The summed E-state index contributed by atoms with van der Waals surface area (Å²) < 4.78 is 0. The fourth-order valence-corrected chi connectivity index (χ4v) is 2.86. The number of benzene rings is 1. The molecule has 0 saturated heterocycles. The lowest BCUT2D eigenvalue weighted by molar-refractivity contribution is -0.140. The average Bonchev–Trinajstić information content (AvgIpc) is 3.00. The number of aryl methyl sites for hydroxylation is 1. The van der Waals surface area contributed by atoms with Gasteiger partial charge in [-0.05, 0) is 29.5 Å². The number of rotatable bonds is 6. The number of amides is 1. The first kappa shape index (κ1) is 16.0. The van der Waals surface area contributed by atoms with E-state index in [0.717, 1.165) is 5.56 Å². The van der Waals surface area contributed by atoms with Crippen molar-refractivity contribution < 1.29 is 24.6 Å². The van der Waals surface area contributed by atoms with Gasteiger partial charge in [0.1, 0.15) is 0 Å². The maximum atomic E-state index is 12.2. The van der Waals surface area contributed by atoms with E-state index in [2.05, 4.69) is 5.32 Å². The Bertz CT molecular complexity index is 623. The largest absolute Gasteiger partial charge is 0.481 e. The molecule has 2 atom stereocenters. The van der Waals surface area contributed by atoms with Gasteiger partial charge in [-0.25, -0.2) is 0 Å². The lowest BCUT2D eigenvalue weighted by Gasteiger charge is -2.08. The van der Waals surface area contributed by atoms with Crippen LogP contribution in [0.5, 0.6) is 0 Å². The Morgan fingerprint density at radius 2 is 1.86 bits per heavy atom. The molecule has 0 heterocycles. The van der Waals surface area contributed by atoms with Crippen molar-refractivity contribution in [2.24, 2.45) is 17.3 Å². The van der Waals surface area contributed by atoms with E-state index in [1.54, 1.807) is 38.1 Å². The second-order valence-corrected chi connectivity index (χ2v) is 6.20. The fraction of sp³-hybridized carbons (Fsp3) is 0.438.